The van der Waals surface area contributed by atoms with Crippen LogP contribution in [0.5, 0.6) is 17.5 Å². The topological polar surface area (TPSA) is 218 Å². The van der Waals surface area contributed by atoms with Crippen molar-refractivity contribution in [1.82, 2.24) is 29.8 Å². The van der Waals surface area contributed by atoms with Crippen LogP contribution >= 0.6 is 0 Å². The summed E-state index contributed by atoms with van der Waals surface area (Å²) < 4.78 is 53.5. The molecule has 4 N–H and O–H groups in total. The standard InChI is InChI=1S/C38H51FN6O10S/c1-7-21-14-20(2)10-8-9-11-22-18-38(22,35(49)43-56(52,53)24-12-13-24)42-31(46)28-15-23(19-44(28)34(48)30(21)45(36(50)51)37(3,4)5)55-33-32(47)40-26-16-25(39)29(54-6)17-27(26)41-33/h9,11,16-17,20-24,28,30H,7-8,10,12-15,18-19H2,1-6H3,(H,40,47)(H,42,46)(H,43,49)(H,50,51)/b11-9-/t20-,21-,22-,23-,28+,30+,38-/m1/s1. The number of carbonyl (C=O) groups excluding carboxylic acids is 3. The normalized spacial score (nSPS) is 29.2. The third kappa shape index (κ3) is 8.20. The van der Waals surface area contributed by atoms with E-state index < -0.39 is 91.9 Å². The van der Waals surface area contributed by atoms with Gasteiger partial charge in [-0.3, -0.25) is 24.0 Å². The van der Waals surface area contributed by atoms with E-state index in [1.165, 1.54) is 18.1 Å². The first-order valence-electron chi connectivity index (χ1n) is 19.1. The fraction of sp³-hybridized carbons (Fsp3) is 0.632. The van der Waals surface area contributed by atoms with Crippen molar-refractivity contribution < 1.29 is 51.7 Å². The molecule has 4 aliphatic rings. The van der Waals surface area contributed by atoms with Crippen LogP contribution in [0.15, 0.2) is 24.3 Å². The van der Waals surface area contributed by atoms with Crippen LogP contribution in [0.3, 0.4) is 0 Å². The van der Waals surface area contributed by atoms with Gasteiger partial charge in [-0.25, -0.2) is 27.6 Å². The van der Waals surface area contributed by atoms with Gasteiger partial charge >= 0.3 is 6.09 Å². The maximum absolute atomic E-state index is 15.1. The molecule has 3 heterocycles. The number of nitrogens with zero attached hydrogens (tertiary/aromatic N) is 4. The third-order valence-electron chi connectivity index (χ3n) is 11.3. The van der Waals surface area contributed by atoms with Crippen molar-refractivity contribution in [3.05, 3.63) is 30.1 Å². The first kappa shape index (κ1) is 40.9. The number of aromatic nitrogens is 2. The molecule has 0 unspecified atom stereocenters. The number of carbonyl (C=O) groups is 4. The quantitative estimate of drug-likeness (QED) is 0.280. The lowest BCUT2D eigenvalue weighted by Gasteiger charge is -2.44. The van der Waals surface area contributed by atoms with Gasteiger partial charge in [-0.15, -0.1) is 0 Å². The Morgan fingerprint density at radius 2 is 1.84 bits per heavy atom. The Morgan fingerprint density at radius 3 is 2.46 bits per heavy atom. The first-order valence-corrected chi connectivity index (χ1v) is 20.6. The molecule has 2 aliphatic carbocycles. The Hall–Kier alpha value is -4.74. The molecule has 0 spiro atoms. The second kappa shape index (κ2) is 15.3. The number of aromatic hydroxyl groups is 1. The van der Waals surface area contributed by atoms with E-state index >= 15 is 4.79 Å². The minimum absolute atomic E-state index is 0.0146. The fourth-order valence-corrected chi connectivity index (χ4v) is 9.44. The lowest BCUT2D eigenvalue weighted by molar-refractivity contribution is -0.146. The van der Waals surface area contributed by atoms with Crippen molar-refractivity contribution in [3.63, 3.8) is 0 Å². The Bertz CT molecular complexity index is 2040. The number of amides is 4. The van der Waals surface area contributed by atoms with Gasteiger partial charge < -0.3 is 29.9 Å². The van der Waals surface area contributed by atoms with Crippen LogP contribution in [-0.4, -0.2) is 110 Å². The summed E-state index contributed by atoms with van der Waals surface area (Å²) in [6.07, 6.45) is 4.47. The highest BCUT2D eigenvalue weighted by molar-refractivity contribution is 7.91. The van der Waals surface area contributed by atoms with Crippen LogP contribution in [0.1, 0.15) is 86.0 Å². The van der Waals surface area contributed by atoms with E-state index in [4.69, 9.17) is 9.47 Å². The summed E-state index contributed by atoms with van der Waals surface area (Å²) in [4.78, 5) is 67.2. The molecule has 6 rings (SSSR count). The molecule has 3 fully saturated rings. The number of hydrogen-bond donors (Lipinski definition) is 4. The minimum Gasteiger partial charge on any atom is -0.494 e. The highest BCUT2D eigenvalue weighted by Crippen LogP contribution is 2.46. The number of carboxylic acid groups (broad SMARTS) is 1. The van der Waals surface area contributed by atoms with Crippen LogP contribution in [-0.2, 0) is 24.4 Å². The highest BCUT2D eigenvalue weighted by Gasteiger charge is 2.62. The van der Waals surface area contributed by atoms with Crippen LogP contribution in [0.4, 0.5) is 9.18 Å². The molecule has 4 amide bonds. The summed E-state index contributed by atoms with van der Waals surface area (Å²) in [5.41, 5.74) is -2.51. The molecule has 0 bridgehead atoms. The van der Waals surface area contributed by atoms with Gasteiger partial charge in [-0.1, -0.05) is 32.4 Å². The van der Waals surface area contributed by atoms with Crippen LogP contribution in [0.25, 0.3) is 11.0 Å². The van der Waals surface area contributed by atoms with Crippen molar-refractivity contribution in [2.75, 3.05) is 13.7 Å². The van der Waals surface area contributed by atoms with E-state index in [0.29, 0.717) is 38.5 Å². The molecule has 16 nitrogen and oxygen atoms in total. The molecular formula is C38H51FN6O10S. The molecule has 2 aliphatic heterocycles. The number of nitrogens with one attached hydrogen (secondary N) is 2. The maximum Gasteiger partial charge on any atom is 0.408 e. The summed E-state index contributed by atoms with van der Waals surface area (Å²) in [5, 5.41) is 23.5. The number of allylic oxidation sites excluding steroid dienone is 1. The smallest absolute Gasteiger partial charge is 0.408 e. The molecule has 306 valence electrons. The molecule has 0 radical (unpaired) electrons. The highest BCUT2D eigenvalue weighted by atomic mass is 32.2. The molecule has 2 aromatic rings. The van der Waals surface area contributed by atoms with Gasteiger partial charge in [0.15, 0.2) is 11.6 Å². The monoisotopic (exact) mass is 802 g/mol. The summed E-state index contributed by atoms with van der Waals surface area (Å²) in [6, 6.07) is -0.222. The minimum atomic E-state index is -3.97. The number of benzene rings is 1. The Balaban J connectivity index is 1.41. The second-order valence-electron chi connectivity index (χ2n) is 16.5. The number of ether oxygens (including phenoxy) is 2. The predicted octanol–water partition coefficient (Wildman–Crippen LogP) is 3.86. The molecule has 56 heavy (non-hydrogen) atoms. The zero-order valence-corrected chi connectivity index (χ0v) is 33.3. The van der Waals surface area contributed by atoms with E-state index in [-0.39, 0.29) is 48.0 Å². The number of sulfonamides is 1. The average Bonchev–Trinajstić information content (AvgIpc) is 4.04. The molecular weight excluding hydrogens is 752 g/mol. The summed E-state index contributed by atoms with van der Waals surface area (Å²) in [7, 11) is -2.69. The number of rotatable bonds is 8. The van der Waals surface area contributed by atoms with Gasteiger partial charge in [-0.2, -0.15) is 0 Å². The summed E-state index contributed by atoms with van der Waals surface area (Å²) in [6.45, 7) is 8.75. The fourth-order valence-electron chi connectivity index (χ4n) is 8.08. The molecule has 1 aromatic heterocycles. The zero-order chi connectivity index (χ0) is 40.9. The van der Waals surface area contributed by atoms with E-state index in [1.54, 1.807) is 20.8 Å². The van der Waals surface area contributed by atoms with E-state index in [2.05, 4.69) is 20.0 Å². The van der Waals surface area contributed by atoms with Crippen molar-refractivity contribution in [2.24, 2.45) is 17.8 Å². The zero-order valence-electron chi connectivity index (χ0n) is 32.5. The van der Waals surface area contributed by atoms with Gasteiger partial charge in [0.2, 0.25) is 21.8 Å². The van der Waals surface area contributed by atoms with Gasteiger partial charge in [0, 0.05) is 30.0 Å². The van der Waals surface area contributed by atoms with Gasteiger partial charge in [0.25, 0.3) is 17.7 Å². The van der Waals surface area contributed by atoms with Crippen molar-refractivity contribution in [3.8, 4) is 17.5 Å². The van der Waals surface area contributed by atoms with Crippen LogP contribution in [0.2, 0.25) is 0 Å². The van der Waals surface area contributed by atoms with Crippen LogP contribution < -0.4 is 19.5 Å². The average molecular weight is 803 g/mol. The Kier molecular flexibility index (Phi) is 11.2. The lowest BCUT2D eigenvalue weighted by Crippen LogP contribution is -2.62. The summed E-state index contributed by atoms with van der Waals surface area (Å²) in [5.74, 6) is -5.08. The lowest BCUT2D eigenvalue weighted by atomic mass is 9.82. The number of halogens is 1. The Morgan fingerprint density at radius 1 is 1.14 bits per heavy atom. The van der Waals surface area contributed by atoms with Crippen LogP contribution in [0, 0.1) is 23.6 Å². The van der Waals surface area contributed by atoms with E-state index in [1.807, 2.05) is 26.0 Å². The first-order chi connectivity index (χ1) is 26.3. The summed E-state index contributed by atoms with van der Waals surface area (Å²) >= 11 is 0. The van der Waals surface area contributed by atoms with E-state index in [9.17, 15) is 37.4 Å². The maximum atomic E-state index is 15.1. The van der Waals surface area contributed by atoms with Gasteiger partial charge in [0.1, 0.15) is 23.7 Å². The molecule has 2 saturated carbocycles. The van der Waals surface area contributed by atoms with Crippen molar-refractivity contribution >= 4 is 44.9 Å². The number of hydrogen-bond acceptors (Lipinski definition) is 11. The SMILES string of the molecule is CC[C@@H]1C[C@H](C)CC/C=C\[C@@H]2C[C@@]2(C(=O)NS(=O)(=O)C2CC2)NC(=O)[C@@H]2C[C@@H](Oc3nc4cc(OC)c(F)cc4nc3O)CN2C(=O)[C@H]1N(C(=O)O)C(C)(C)C. The molecule has 7 atom stereocenters. The Labute approximate surface area is 325 Å². The van der Waals surface area contributed by atoms with Crippen molar-refractivity contribution in [2.45, 2.75) is 121 Å². The second-order valence-corrected chi connectivity index (χ2v) is 18.5. The largest absolute Gasteiger partial charge is 0.494 e. The molecule has 1 aromatic carbocycles. The van der Waals surface area contributed by atoms with Gasteiger partial charge in [0.05, 0.1) is 29.9 Å². The molecule has 1 saturated heterocycles. The van der Waals surface area contributed by atoms with E-state index in [0.717, 1.165) is 11.0 Å². The van der Waals surface area contributed by atoms with Crippen molar-refractivity contribution in [1.29, 1.82) is 0 Å². The number of methoxy groups -OCH3 is 1. The third-order valence-corrected chi connectivity index (χ3v) is 13.1. The molecule has 18 heteroatoms. The number of fused-ring (bicyclic) bond motifs is 3. The predicted molar refractivity (Wildman–Crippen MR) is 201 cm³/mol. The van der Waals surface area contributed by atoms with Gasteiger partial charge in [-0.05, 0) is 71.1 Å².